The summed E-state index contributed by atoms with van der Waals surface area (Å²) in [7, 11) is 0. The summed E-state index contributed by atoms with van der Waals surface area (Å²) in [6.07, 6.45) is -1.02. The second-order valence-corrected chi connectivity index (χ2v) is 3.62. The Labute approximate surface area is 112 Å². The van der Waals surface area contributed by atoms with Crippen LogP contribution in [0.4, 0.5) is 14.9 Å². The number of hydrogen-bond donors (Lipinski definition) is 4. The first-order valence-electron chi connectivity index (χ1n) is 5.39. The molecule has 0 saturated heterocycles. The molecule has 0 aliphatic carbocycles. The Kier molecular flexibility index (Phi) is 5.21. The lowest BCUT2D eigenvalue weighted by atomic mass is 10.1. The van der Waals surface area contributed by atoms with Crippen molar-refractivity contribution in [1.82, 2.24) is 10.7 Å². The van der Waals surface area contributed by atoms with Crippen LogP contribution in [0.3, 0.4) is 0 Å². The fourth-order valence-corrected chi connectivity index (χ4v) is 1.37. The molecule has 0 atom stereocenters. The highest BCUT2D eigenvalue weighted by Crippen LogP contribution is 2.17. The number of carbonyl (C=O) groups is 1. The van der Waals surface area contributed by atoms with E-state index in [4.69, 9.17) is 10.8 Å². The number of nitrogens with zero attached hydrogens (tertiary/aromatic N) is 2. The number of aliphatic imine (C=N–C) groups is 1. The van der Waals surface area contributed by atoms with E-state index in [9.17, 15) is 19.3 Å². The first-order chi connectivity index (χ1) is 9.38. The van der Waals surface area contributed by atoms with Crippen LogP contribution in [0.5, 0.6) is 0 Å². The molecule has 0 aliphatic heterocycles. The maximum atomic E-state index is 13.6. The molecule has 20 heavy (non-hydrogen) atoms. The van der Waals surface area contributed by atoms with Gasteiger partial charge in [0.25, 0.3) is 5.96 Å². The van der Waals surface area contributed by atoms with Gasteiger partial charge in [0.05, 0.1) is 5.69 Å². The average Bonchev–Trinajstić information content (AvgIpc) is 2.30. The van der Waals surface area contributed by atoms with Crippen molar-refractivity contribution in [3.8, 4) is 0 Å². The molecule has 0 fully saturated rings. The number of nitro groups is 1. The Bertz CT molecular complexity index is 548. The molecule has 0 spiro atoms. The zero-order chi connectivity index (χ0) is 15.1. The molecule has 0 saturated carbocycles. The van der Waals surface area contributed by atoms with Crippen LogP contribution in [0.2, 0.25) is 0 Å². The Morgan fingerprint density at radius 3 is 2.80 bits per heavy atom. The van der Waals surface area contributed by atoms with E-state index in [-0.39, 0.29) is 18.7 Å². The van der Waals surface area contributed by atoms with Gasteiger partial charge in [0, 0.05) is 6.54 Å². The minimum Gasteiger partial charge on any atom is -0.465 e. The number of guanidine groups is 1. The number of nitrogens with one attached hydrogen (secondary N) is 2. The number of carboxylic acid groups (broad SMARTS) is 1. The van der Waals surface area contributed by atoms with Gasteiger partial charge in [-0.3, -0.25) is 0 Å². The summed E-state index contributed by atoms with van der Waals surface area (Å²) < 4.78 is 13.6. The molecule has 108 valence electrons. The van der Waals surface area contributed by atoms with Crippen LogP contribution < -0.4 is 16.5 Å². The maximum Gasteiger partial charge on any atom is 0.404 e. The number of benzene rings is 1. The lowest BCUT2D eigenvalue weighted by molar-refractivity contribution is -0.525. The highest BCUT2D eigenvalue weighted by molar-refractivity contribution is 5.79. The number of halogens is 1. The van der Waals surface area contributed by atoms with Crippen LogP contribution in [0.1, 0.15) is 5.56 Å². The molecule has 0 aromatic heterocycles. The van der Waals surface area contributed by atoms with Crippen molar-refractivity contribution in [3.05, 3.63) is 39.7 Å². The summed E-state index contributed by atoms with van der Waals surface area (Å²) in [6, 6.07) is 3.86. The standard InChI is InChI=1S/C10H12FN5O4/c11-8-5-7(14-9(12)15-16(19)20)2-1-6(8)3-4-13-10(17)18/h1-2,5,13H,3-4H2,(H,17,18)(H3,12,14,15). The number of amides is 1. The van der Waals surface area contributed by atoms with Crippen molar-refractivity contribution >= 4 is 17.7 Å². The number of nitrogens with two attached hydrogens (primary N) is 1. The van der Waals surface area contributed by atoms with E-state index in [1.807, 2.05) is 0 Å². The predicted octanol–water partition coefficient (Wildman–Crippen LogP) is 0.363. The molecular weight excluding hydrogens is 273 g/mol. The van der Waals surface area contributed by atoms with Gasteiger partial charge in [-0.2, -0.15) is 0 Å². The van der Waals surface area contributed by atoms with E-state index < -0.39 is 22.9 Å². The van der Waals surface area contributed by atoms with E-state index in [2.05, 4.69) is 10.3 Å². The summed E-state index contributed by atoms with van der Waals surface area (Å²) in [5.74, 6) is -1.08. The van der Waals surface area contributed by atoms with Gasteiger partial charge in [-0.05, 0) is 24.1 Å². The Morgan fingerprint density at radius 2 is 2.25 bits per heavy atom. The Balaban J connectivity index is 2.72. The summed E-state index contributed by atoms with van der Waals surface area (Å²) >= 11 is 0. The van der Waals surface area contributed by atoms with Crippen LogP contribution in [-0.4, -0.2) is 28.7 Å². The van der Waals surface area contributed by atoms with Crippen LogP contribution in [0, 0.1) is 15.9 Å². The summed E-state index contributed by atoms with van der Waals surface area (Å²) in [5, 5.41) is 19.7. The van der Waals surface area contributed by atoms with Crippen LogP contribution >= 0.6 is 0 Å². The second kappa shape index (κ2) is 6.87. The van der Waals surface area contributed by atoms with Crippen LogP contribution in [0.25, 0.3) is 0 Å². The van der Waals surface area contributed by atoms with Crippen molar-refractivity contribution in [2.24, 2.45) is 10.7 Å². The van der Waals surface area contributed by atoms with E-state index in [1.54, 1.807) is 5.43 Å². The highest BCUT2D eigenvalue weighted by atomic mass is 19.1. The minimum atomic E-state index is -1.19. The average molecular weight is 285 g/mol. The third-order valence-electron chi connectivity index (χ3n) is 2.16. The zero-order valence-corrected chi connectivity index (χ0v) is 10.2. The molecule has 0 unspecified atom stereocenters. The maximum absolute atomic E-state index is 13.6. The van der Waals surface area contributed by atoms with Gasteiger partial charge in [-0.25, -0.2) is 24.3 Å². The molecule has 10 heteroatoms. The quantitative estimate of drug-likeness (QED) is 0.266. The van der Waals surface area contributed by atoms with Gasteiger partial charge in [-0.15, -0.1) is 0 Å². The first-order valence-corrected chi connectivity index (χ1v) is 5.39. The summed E-state index contributed by atoms with van der Waals surface area (Å²) in [4.78, 5) is 23.9. The molecular formula is C10H12FN5O4. The van der Waals surface area contributed by atoms with Crippen molar-refractivity contribution in [3.63, 3.8) is 0 Å². The van der Waals surface area contributed by atoms with Gasteiger partial charge in [-0.1, -0.05) is 11.5 Å². The normalized spacial score (nSPS) is 10.9. The Morgan fingerprint density at radius 1 is 1.55 bits per heavy atom. The van der Waals surface area contributed by atoms with E-state index in [1.165, 1.54) is 12.1 Å². The molecule has 9 nitrogen and oxygen atoms in total. The van der Waals surface area contributed by atoms with Gasteiger partial charge < -0.3 is 16.2 Å². The topological polar surface area (TPSA) is 143 Å². The molecule has 1 amide bonds. The third kappa shape index (κ3) is 5.16. The van der Waals surface area contributed by atoms with Gasteiger partial charge in [0.1, 0.15) is 5.82 Å². The van der Waals surface area contributed by atoms with Crippen molar-refractivity contribution in [1.29, 1.82) is 0 Å². The van der Waals surface area contributed by atoms with Crippen LogP contribution in [-0.2, 0) is 6.42 Å². The largest absolute Gasteiger partial charge is 0.465 e. The first kappa shape index (κ1) is 15.1. The molecule has 0 heterocycles. The SMILES string of the molecule is NC(=Nc1ccc(CCNC(=O)O)c(F)c1)N[N+](=O)[O-]. The predicted molar refractivity (Wildman–Crippen MR) is 67.5 cm³/mol. The van der Waals surface area contributed by atoms with Gasteiger partial charge in [0.2, 0.25) is 0 Å². The van der Waals surface area contributed by atoms with Crippen molar-refractivity contribution in [2.45, 2.75) is 6.42 Å². The summed E-state index contributed by atoms with van der Waals surface area (Å²) in [5.41, 5.74) is 7.22. The molecule has 0 bridgehead atoms. The molecule has 0 radical (unpaired) electrons. The van der Waals surface area contributed by atoms with Crippen LogP contribution in [0.15, 0.2) is 23.2 Å². The zero-order valence-electron chi connectivity index (χ0n) is 10.2. The lowest BCUT2D eigenvalue weighted by Crippen LogP contribution is -2.35. The second-order valence-electron chi connectivity index (χ2n) is 3.62. The van der Waals surface area contributed by atoms with Gasteiger partial charge in [0.15, 0.2) is 5.03 Å². The highest BCUT2D eigenvalue weighted by Gasteiger charge is 2.06. The van der Waals surface area contributed by atoms with Crippen molar-refractivity contribution in [2.75, 3.05) is 6.54 Å². The van der Waals surface area contributed by atoms with E-state index in [0.29, 0.717) is 5.56 Å². The molecule has 1 aromatic rings. The van der Waals surface area contributed by atoms with E-state index >= 15 is 0 Å². The fraction of sp³-hybridized carbons (Fsp3) is 0.200. The smallest absolute Gasteiger partial charge is 0.404 e. The van der Waals surface area contributed by atoms with E-state index in [0.717, 1.165) is 6.07 Å². The molecule has 0 aliphatic rings. The fourth-order valence-electron chi connectivity index (χ4n) is 1.37. The third-order valence-corrected chi connectivity index (χ3v) is 2.16. The summed E-state index contributed by atoms with van der Waals surface area (Å²) in [6.45, 7) is 0.0693. The molecule has 1 rings (SSSR count). The van der Waals surface area contributed by atoms with Gasteiger partial charge >= 0.3 is 6.09 Å². The van der Waals surface area contributed by atoms with Crippen molar-refractivity contribution < 1.29 is 19.3 Å². The lowest BCUT2D eigenvalue weighted by Gasteiger charge is -2.04. The monoisotopic (exact) mass is 285 g/mol. The number of hydrazine groups is 1. The minimum absolute atomic E-state index is 0.0693. The number of hydrogen-bond acceptors (Lipinski definition) is 4. The molecule has 5 N–H and O–H groups in total. The Hall–Kier alpha value is -2.91. The molecule has 1 aromatic carbocycles. The number of rotatable bonds is 5.